The summed E-state index contributed by atoms with van der Waals surface area (Å²) in [6.45, 7) is 3.35. The largest absolute Gasteiger partial charge is 0.495 e. The molecule has 0 radical (unpaired) electrons. The average molecular weight is 406 g/mol. The molecule has 0 aromatic heterocycles. The molecule has 0 saturated heterocycles. The fourth-order valence-electron chi connectivity index (χ4n) is 2.29. The van der Waals surface area contributed by atoms with Crippen molar-refractivity contribution in [1.82, 2.24) is 4.72 Å². The Morgan fingerprint density at radius 1 is 1.07 bits per heavy atom. The number of anilines is 1. The summed E-state index contributed by atoms with van der Waals surface area (Å²) in [7, 11) is -1.28. The van der Waals surface area contributed by atoms with Crippen molar-refractivity contribution in [2.24, 2.45) is 0 Å². The molecule has 150 valence electrons. The number of nitrogens with one attached hydrogen (secondary N) is 2. The predicted octanol–water partition coefficient (Wildman–Crippen LogP) is 2.10. The van der Waals surface area contributed by atoms with E-state index in [9.17, 15) is 18.0 Å². The Hall–Kier alpha value is -2.91. The summed E-state index contributed by atoms with van der Waals surface area (Å²) in [6, 6.07) is 11.0. The van der Waals surface area contributed by atoms with Crippen LogP contribution in [0.3, 0.4) is 0 Å². The summed E-state index contributed by atoms with van der Waals surface area (Å²) >= 11 is 0. The number of aryl methyl sites for hydroxylation is 1. The van der Waals surface area contributed by atoms with Crippen LogP contribution >= 0.6 is 0 Å². The van der Waals surface area contributed by atoms with E-state index in [1.54, 1.807) is 12.1 Å². The van der Waals surface area contributed by atoms with Crippen LogP contribution in [-0.4, -0.2) is 40.6 Å². The maximum Gasteiger partial charge on any atom is 0.338 e. The molecule has 2 aromatic rings. The maximum atomic E-state index is 12.4. The number of amides is 1. The zero-order valence-corrected chi connectivity index (χ0v) is 16.8. The van der Waals surface area contributed by atoms with E-state index in [0.717, 1.165) is 11.6 Å². The summed E-state index contributed by atoms with van der Waals surface area (Å²) < 4.78 is 36.6. The zero-order chi connectivity index (χ0) is 20.9. The second-order valence-electron chi connectivity index (χ2n) is 5.98. The van der Waals surface area contributed by atoms with Crippen molar-refractivity contribution in [3.05, 3.63) is 53.6 Å². The van der Waals surface area contributed by atoms with Crippen LogP contribution in [0, 0.1) is 6.92 Å². The molecule has 0 heterocycles. The molecule has 1 atom stereocenters. The van der Waals surface area contributed by atoms with Gasteiger partial charge in [0.05, 0.1) is 12.7 Å². The fraction of sp³-hybridized carbons (Fsp3) is 0.263. The minimum Gasteiger partial charge on any atom is -0.495 e. The molecule has 0 bridgehead atoms. The van der Waals surface area contributed by atoms with Crippen LogP contribution in [-0.2, 0) is 19.6 Å². The fourth-order valence-corrected chi connectivity index (χ4v) is 3.20. The molecule has 0 aliphatic carbocycles. The van der Waals surface area contributed by atoms with Gasteiger partial charge in [-0.25, -0.2) is 17.9 Å². The van der Waals surface area contributed by atoms with Gasteiger partial charge in [0.15, 0.2) is 6.10 Å². The van der Waals surface area contributed by atoms with Gasteiger partial charge >= 0.3 is 5.97 Å². The monoisotopic (exact) mass is 406 g/mol. The Bertz CT molecular complexity index is 970. The van der Waals surface area contributed by atoms with Gasteiger partial charge in [-0.15, -0.1) is 0 Å². The van der Waals surface area contributed by atoms with E-state index in [2.05, 4.69) is 10.0 Å². The Labute approximate surface area is 163 Å². The van der Waals surface area contributed by atoms with Crippen molar-refractivity contribution in [3.8, 4) is 5.75 Å². The lowest BCUT2D eigenvalue weighted by molar-refractivity contribution is -0.123. The van der Waals surface area contributed by atoms with Crippen LogP contribution in [0.25, 0.3) is 0 Å². The Morgan fingerprint density at radius 2 is 1.71 bits per heavy atom. The molecule has 28 heavy (non-hydrogen) atoms. The molecule has 0 fully saturated rings. The molecule has 2 rings (SSSR count). The van der Waals surface area contributed by atoms with Crippen molar-refractivity contribution in [3.63, 3.8) is 0 Å². The van der Waals surface area contributed by atoms with E-state index < -0.39 is 28.0 Å². The summed E-state index contributed by atoms with van der Waals surface area (Å²) in [5.41, 5.74) is 1.60. The van der Waals surface area contributed by atoms with Crippen LogP contribution < -0.4 is 14.8 Å². The van der Waals surface area contributed by atoms with E-state index in [1.165, 1.54) is 33.2 Å². The van der Waals surface area contributed by atoms with E-state index in [1.807, 2.05) is 19.1 Å². The van der Waals surface area contributed by atoms with Gasteiger partial charge in [0.2, 0.25) is 10.0 Å². The standard InChI is InChI=1S/C19H22N2O6S/c1-12-5-8-15(9-6-12)21-18(22)13(2)27-19(23)14-7-10-16(26-4)17(11-14)28(24,25)20-3/h5-11,13,20H,1-4H3,(H,21,22)/t13-/m0/s1. The lowest BCUT2D eigenvalue weighted by Crippen LogP contribution is -2.30. The van der Waals surface area contributed by atoms with E-state index in [4.69, 9.17) is 9.47 Å². The number of rotatable bonds is 7. The minimum atomic E-state index is -3.85. The van der Waals surface area contributed by atoms with Crippen LogP contribution in [0.5, 0.6) is 5.75 Å². The molecule has 0 spiro atoms. The van der Waals surface area contributed by atoms with Gasteiger partial charge in [-0.3, -0.25) is 4.79 Å². The molecule has 2 N–H and O–H groups in total. The lowest BCUT2D eigenvalue weighted by atomic mass is 10.2. The number of sulfonamides is 1. The number of ether oxygens (including phenoxy) is 2. The van der Waals surface area contributed by atoms with E-state index in [0.29, 0.717) is 5.69 Å². The molecular formula is C19H22N2O6S. The summed E-state index contributed by atoms with van der Waals surface area (Å²) in [5, 5.41) is 2.65. The minimum absolute atomic E-state index is 0.0235. The normalized spacial score (nSPS) is 12.1. The zero-order valence-electron chi connectivity index (χ0n) is 16.0. The number of hydrogen-bond donors (Lipinski definition) is 2. The summed E-state index contributed by atoms with van der Waals surface area (Å²) in [5.74, 6) is -1.26. The van der Waals surface area contributed by atoms with Crippen LogP contribution in [0.2, 0.25) is 0 Å². The topological polar surface area (TPSA) is 111 Å². The van der Waals surface area contributed by atoms with Gasteiger partial charge in [-0.1, -0.05) is 17.7 Å². The first-order valence-corrected chi connectivity index (χ1v) is 9.86. The molecule has 9 heteroatoms. The van der Waals surface area contributed by atoms with Gasteiger partial charge in [0.25, 0.3) is 5.91 Å². The van der Waals surface area contributed by atoms with Crippen molar-refractivity contribution < 1.29 is 27.5 Å². The average Bonchev–Trinajstić information content (AvgIpc) is 2.68. The molecule has 1 amide bonds. The van der Waals surface area contributed by atoms with Crippen molar-refractivity contribution in [1.29, 1.82) is 0 Å². The lowest BCUT2D eigenvalue weighted by Gasteiger charge is -2.15. The summed E-state index contributed by atoms with van der Waals surface area (Å²) in [4.78, 5) is 24.4. The van der Waals surface area contributed by atoms with E-state index in [-0.39, 0.29) is 16.2 Å². The second-order valence-corrected chi connectivity index (χ2v) is 7.83. The van der Waals surface area contributed by atoms with Gasteiger partial charge in [0, 0.05) is 5.69 Å². The maximum absolute atomic E-state index is 12.4. The Kier molecular flexibility index (Phi) is 6.76. The third-order valence-electron chi connectivity index (χ3n) is 3.93. The Balaban J connectivity index is 2.14. The third-order valence-corrected chi connectivity index (χ3v) is 5.37. The highest BCUT2D eigenvalue weighted by atomic mass is 32.2. The number of hydrogen-bond acceptors (Lipinski definition) is 6. The number of methoxy groups -OCH3 is 1. The first kappa shape index (κ1) is 21.4. The van der Waals surface area contributed by atoms with Crippen molar-refractivity contribution >= 4 is 27.6 Å². The van der Waals surface area contributed by atoms with Gasteiger partial charge in [0.1, 0.15) is 10.6 Å². The molecule has 2 aromatic carbocycles. The first-order valence-electron chi connectivity index (χ1n) is 8.38. The van der Waals surface area contributed by atoms with Crippen LogP contribution in [0.4, 0.5) is 5.69 Å². The Morgan fingerprint density at radius 3 is 2.29 bits per heavy atom. The van der Waals surface area contributed by atoms with Crippen molar-refractivity contribution in [2.75, 3.05) is 19.5 Å². The third kappa shape index (κ3) is 5.08. The predicted molar refractivity (Wildman–Crippen MR) is 104 cm³/mol. The highest BCUT2D eigenvalue weighted by molar-refractivity contribution is 7.89. The first-order chi connectivity index (χ1) is 13.2. The van der Waals surface area contributed by atoms with Gasteiger partial charge in [-0.2, -0.15) is 0 Å². The second kappa shape index (κ2) is 8.85. The highest BCUT2D eigenvalue weighted by Crippen LogP contribution is 2.25. The molecule has 0 aliphatic heterocycles. The van der Waals surface area contributed by atoms with Crippen molar-refractivity contribution in [2.45, 2.75) is 24.8 Å². The smallest absolute Gasteiger partial charge is 0.338 e. The summed E-state index contributed by atoms with van der Waals surface area (Å²) in [6.07, 6.45) is -1.08. The SMILES string of the molecule is CNS(=O)(=O)c1cc(C(=O)O[C@@H](C)C(=O)Nc2ccc(C)cc2)ccc1OC. The highest BCUT2D eigenvalue weighted by Gasteiger charge is 2.23. The molecule has 8 nitrogen and oxygen atoms in total. The van der Waals surface area contributed by atoms with Gasteiger partial charge < -0.3 is 14.8 Å². The molecule has 0 aliphatic rings. The number of esters is 1. The quantitative estimate of drug-likeness (QED) is 0.681. The van der Waals surface area contributed by atoms with Crippen LogP contribution in [0.15, 0.2) is 47.4 Å². The molecular weight excluding hydrogens is 384 g/mol. The molecule has 0 saturated carbocycles. The van der Waals surface area contributed by atoms with Crippen LogP contribution in [0.1, 0.15) is 22.8 Å². The number of benzene rings is 2. The molecule has 0 unspecified atom stereocenters. The van der Waals surface area contributed by atoms with E-state index >= 15 is 0 Å². The number of carbonyl (C=O) groups excluding carboxylic acids is 2. The van der Waals surface area contributed by atoms with Gasteiger partial charge in [-0.05, 0) is 51.2 Å². The number of carbonyl (C=O) groups is 2.